The van der Waals surface area contributed by atoms with Crippen LogP contribution in [0.5, 0.6) is 0 Å². The average molecular weight is 750 g/mol. The lowest BCUT2D eigenvalue weighted by Gasteiger charge is -2.19. The Labute approximate surface area is 314 Å². The highest BCUT2D eigenvalue weighted by Gasteiger charge is 2.25. The lowest BCUT2D eigenvalue weighted by atomic mass is 10.1. The van der Waals surface area contributed by atoms with E-state index in [0.717, 1.165) is 57.8 Å². The Kier molecular flexibility index (Phi) is 34.5. The molecule has 0 spiro atoms. The highest BCUT2D eigenvalue weighted by Crippen LogP contribution is 2.43. The van der Waals surface area contributed by atoms with Crippen molar-refractivity contribution in [2.24, 2.45) is 5.73 Å². The Morgan fingerprint density at radius 1 is 0.692 bits per heavy atom. The molecule has 0 aliphatic rings. The second-order valence-electron chi connectivity index (χ2n) is 12.3. The molecule has 0 radical (unpaired) electrons. The van der Waals surface area contributed by atoms with Crippen molar-refractivity contribution in [1.29, 1.82) is 0 Å². The zero-order valence-electron chi connectivity index (χ0n) is 31.9. The smallest absolute Gasteiger partial charge is 0.462 e. The lowest BCUT2D eigenvalue weighted by molar-refractivity contribution is -0.161. The third kappa shape index (κ3) is 35.5. The zero-order valence-corrected chi connectivity index (χ0v) is 32.8. The van der Waals surface area contributed by atoms with Gasteiger partial charge in [-0.05, 0) is 64.2 Å². The first-order valence-electron chi connectivity index (χ1n) is 19.2. The number of hydrogen-bond donors (Lipinski definition) is 3. The number of aliphatic hydroxyl groups is 1. The van der Waals surface area contributed by atoms with Crippen LogP contribution in [0.4, 0.5) is 0 Å². The van der Waals surface area contributed by atoms with Crippen LogP contribution in [0.15, 0.2) is 85.1 Å². The van der Waals surface area contributed by atoms with Crippen LogP contribution in [0.3, 0.4) is 0 Å². The summed E-state index contributed by atoms with van der Waals surface area (Å²) in [5, 5.41) is 9.98. The zero-order chi connectivity index (χ0) is 38.4. The van der Waals surface area contributed by atoms with E-state index in [2.05, 4.69) is 44.2 Å². The van der Waals surface area contributed by atoms with E-state index in [1.807, 2.05) is 48.6 Å². The molecule has 0 amide bonds. The lowest BCUT2D eigenvalue weighted by Crippen LogP contribution is -2.29. The number of allylic oxidation sites excluding steroid dienone is 12. The second-order valence-corrected chi connectivity index (χ2v) is 13.7. The first-order chi connectivity index (χ1) is 25.2. The van der Waals surface area contributed by atoms with Gasteiger partial charge in [0.25, 0.3) is 0 Å². The molecular formula is C41H68NO9P. The number of hydrogen-bond acceptors (Lipinski definition) is 9. The predicted octanol–water partition coefficient (Wildman–Crippen LogP) is 9.46. The van der Waals surface area contributed by atoms with Gasteiger partial charge in [-0.15, -0.1) is 0 Å². The molecule has 0 heterocycles. The molecule has 0 saturated heterocycles. The first kappa shape index (κ1) is 49.1. The van der Waals surface area contributed by atoms with Gasteiger partial charge in [0.15, 0.2) is 6.10 Å². The Morgan fingerprint density at radius 3 is 2.06 bits per heavy atom. The summed E-state index contributed by atoms with van der Waals surface area (Å²) in [6.07, 6.45) is 40.9. The summed E-state index contributed by atoms with van der Waals surface area (Å²) in [6.45, 7) is 3.36. The van der Waals surface area contributed by atoms with Crippen molar-refractivity contribution in [2.45, 2.75) is 135 Å². The average Bonchev–Trinajstić information content (AvgIpc) is 3.12. The molecule has 4 N–H and O–H groups in total. The van der Waals surface area contributed by atoms with Crippen molar-refractivity contribution in [2.75, 3.05) is 26.4 Å². The fourth-order valence-corrected chi connectivity index (χ4v) is 5.25. The maximum Gasteiger partial charge on any atom is 0.472 e. The van der Waals surface area contributed by atoms with Crippen molar-refractivity contribution < 1.29 is 42.7 Å². The maximum atomic E-state index is 12.5. The summed E-state index contributed by atoms with van der Waals surface area (Å²) in [6, 6.07) is 0. The largest absolute Gasteiger partial charge is 0.472 e. The number of rotatable bonds is 34. The van der Waals surface area contributed by atoms with E-state index in [1.54, 1.807) is 6.08 Å². The van der Waals surface area contributed by atoms with Crippen LogP contribution >= 0.6 is 7.82 Å². The van der Waals surface area contributed by atoms with Crippen LogP contribution in [0, 0.1) is 0 Å². The summed E-state index contributed by atoms with van der Waals surface area (Å²) >= 11 is 0. The van der Waals surface area contributed by atoms with Gasteiger partial charge in [0.1, 0.15) is 6.61 Å². The third-order valence-electron chi connectivity index (χ3n) is 7.36. The summed E-state index contributed by atoms with van der Waals surface area (Å²) in [5.74, 6) is -0.980. The van der Waals surface area contributed by atoms with Gasteiger partial charge >= 0.3 is 19.8 Å². The number of aliphatic hydroxyl groups excluding tert-OH is 1. The number of esters is 2. The van der Waals surface area contributed by atoms with Crippen molar-refractivity contribution >= 4 is 19.8 Å². The van der Waals surface area contributed by atoms with Crippen molar-refractivity contribution in [3.05, 3.63) is 85.1 Å². The van der Waals surface area contributed by atoms with Crippen LogP contribution in [-0.2, 0) is 32.7 Å². The topological polar surface area (TPSA) is 155 Å². The highest BCUT2D eigenvalue weighted by atomic mass is 31.2. The molecule has 0 aromatic rings. The molecule has 0 fully saturated rings. The van der Waals surface area contributed by atoms with Gasteiger partial charge in [-0.3, -0.25) is 18.6 Å². The van der Waals surface area contributed by atoms with E-state index in [1.165, 1.54) is 12.8 Å². The molecule has 10 nitrogen and oxygen atoms in total. The molecule has 11 heteroatoms. The summed E-state index contributed by atoms with van der Waals surface area (Å²) in [4.78, 5) is 34.6. The van der Waals surface area contributed by atoms with E-state index < -0.39 is 38.6 Å². The Morgan fingerprint density at radius 2 is 1.33 bits per heavy atom. The van der Waals surface area contributed by atoms with Gasteiger partial charge in [0.05, 0.1) is 19.3 Å². The van der Waals surface area contributed by atoms with Crippen molar-refractivity contribution in [3.8, 4) is 0 Å². The summed E-state index contributed by atoms with van der Waals surface area (Å²) < 4.78 is 32.5. The molecule has 0 aliphatic heterocycles. The van der Waals surface area contributed by atoms with E-state index in [4.69, 9.17) is 24.3 Å². The van der Waals surface area contributed by atoms with Crippen LogP contribution < -0.4 is 5.73 Å². The molecule has 296 valence electrons. The molecule has 0 rings (SSSR count). The van der Waals surface area contributed by atoms with Gasteiger partial charge in [0.2, 0.25) is 0 Å². The molecule has 2 unspecified atom stereocenters. The number of carbonyl (C=O) groups is 2. The quantitative estimate of drug-likeness (QED) is 0.0191. The van der Waals surface area contributed by atoms with Gasteiger partial charge in [-0.2, -0.15) is 0 Å². The Hall–Kier alpha value is -2.85. The van der Waals surface area contributed by atoms with E-state index >= 15 is 0 Å². The number of phosphoric acid groups is 1. The number of unbranched alkanes of at least 4 members (excludes halogenated alkanes) is 7. The fourth-order valence-electron chi connectivity index (χ4n) is 4.49. The molecular weight excluding hydrogens is 681 g/mol. The van der Waals surface area contributed by atoms with Crippen molar-refractivity contribution in [1.82, 2.24) is 0 Å². The highest BCUT2D eigenvalue weighted by molar-refractivity contribution is 7.47. The Bertz CT molecular complexity index is 1140. The van der Waals surface area contributed by atoms with Gasteiger partial charge in [-0.1, -0.05) is 131 Å². The first-order valence-corrected chi connectivity index (χ1v) is 20.7. The van der Waals surface area contributed by atoms with E-state index in [-0.39, 0.29) is 32.6 Å². The van der Waals surface area contributed by atoms with E-state index in [9.17, 15) is 24.2 Å². The standard InChI is InChI=1S/C41H68NO9P/c1-3-5-7-9-11-12-13-17-20-24-28-32-40(44)48-36-39(37-50-52(46,47)49-35-34-42)51-41(45)33-29-25-21-18-15-14-16-19-23-27-31-38(43)30-26-22-10-8-6-4-2/h6,8-9,11,14-15,19,21-23,25-27,31,38-39,43H,3-5,7,10,12-13,16-18,20,24,28-30,32-37,42H2,1-2H3,(H,46,47)/b8-6-,11-9-,15-14-,23-19-,25-21-,26-22-,31-27+/t38?,39-/m1/s1. The summed E-state index contributed by atoms with van der Waals surface area (Å²) in [5.41, 5.74) is 5.32. The van der Waals surface area contributed by atoms with Gasteiger partial charge < -0.3 is 25.2 Å². The van der Waals surface area contributed by atoms with Crippen molar-refractivity contribution in [3.63, 3.8) is 0 Å². The fraction of sp³-hybridized carbons (Fsp3) is 0.610. The Balaban J connectivity index is 4.45. The molecule has 52 heavy (non-hydrogen) atoms. The minimum absolute atomic E-state index is 0.0280. The van der Waals surface area contributed by atoms with Crippen LogP contribution in [0.25, 0.3) is 0 Å². The van der Waals surface area contributed by atoms with Crippen LogP contribution in [-0.4, -0.2) is 60.5 Å². The monoisotopic (exact) mass is 749 g/mol. The SMILES string of the molecule is CC/C=C\C/C=C\CC(O)/C=C/C=C\C/C=C\C/C=C\CCC(=O)O[C@H](COC(=O)CCCCCCC/C=C\CCCC)COP(=O)(O)OCCN. The second kappa shape index (κ2) is 36.5. The minimum Gasteiger partial charge on any atom is -0.462 e. The number of phosphoric ester groups is 1. The van der Waals surface area contributed by atoms with E-state index in [0.29, 0.717) is 25.7 Å². The number of carbonyl (C=O) groups excluding carboxylic acids is 2. The predicted molar refractivity (Wildman–Crippen MR) is 211 cm³/mol. The molecule has 0 saturated carbocycles. The molecule has 0 bridgehead atoms. The summed E-state index contributed by atoms with van der Waals surface area (Å²) in [7, 11) is -4.41. The third-order valence-corrected chi connectivity index (χ3v) is 8.34. The molecule has 0 aliphatic carbocycles. The van der Waals surface area contributed by atoms with Gasteiger partial charge in [0, 0.05) is 19.4 Å². The normalized spacial score (nSPS) is 14.9. The minimum atomic E-state index is -4.41. The number of nitrogens with two attached hydrogens (primary N) is 1. The molecule has 0 aromatic carbocycles. The van der Waals surface area contributed by atoms with Gasteiger partial charge in [-0.25, -0.2) is 4.57 Å². The van der Waals surface area contributed by atoms with Crippen LogP contribution in [0.1, 0.15) is 123 Å². The number of ether oxygens (including phenoxy) is 2. The molecule has 3 atom stereocenters. The maximum absolute atomic E-state index is 12.5. The van der Waals surface area contributed by atoms with Crippen LogP contribution in [0.2, 0.25) is 0 Å². The molecule has 0 aromatic heterocycles.